The van der Waals surface area contributed by atoms with E-state index in [0.29, 0.717) is 17.8 Å². The average molecular weight is 235 g/mol. The first kappa shape index (κ1) is 10.8. The van der Waals surface area contributed by atoms with Gasteiger partial charge in [-0.25, -0.2) is 0 Å². The van der Waals surface area contributed by atoms with Gasteiger partial charge >= 0.3 is 0 Å². The molecule has 0 radical (unpaired) electrons. The number of carbonyl (C=O) groups is 1. The molecule has 5 nitrogen and oxygen atoms in total. The first-order chi connectivity index (χ1) is 8.20. The lowest BCUT2D eigenvalue weighted by molar-refractivity contribution is 0.0886. The number of nitrogens with one attached hydrogen (secondary N) is 2. The summed E-state index contributed by atoms with van der Waals surface area (Å²) >= 11 is 0. The first-order valence-corrected chi connectivity index (χ1v) is 6.21. The maximum Gasteiger partial charge on any atom is 0.290 e. The molecule has 2 bridgehead atoms. The van der Waals surface area contributed by atoms with E-state index < -0.39 is 0 Å². The lowest BCUT2D eigenvalue weighted by atomic mass is 10.00. The third kappa shape index (κ3) is 2.20. The minimum Gasteiger partial charge on any atom is -0.351 e. The van der Waals surface area contributed by atoms with Crippen molar-refractivity contribution >= 4 is 5.91 Å². The zero-order chi connectivity index (χ0) is 11.8. The molecule has 2 aliphatic rings. The van der Waals surface area contributed by atoms with Crippen LogP contribution in [0.2, 0.25) is 0 Å². The van der Waals surface area contributed by atoms with Crippen molar-refractivity contribution in [3.8, 4) is 0 Å². The number of carbonyl (C=O) groups excluding carboxylic acids is 1. The van der Waals surface area contributed by atoms with Crippen LogP contribution in [-0.4, -0.2) is 29.2 Å². The van der Waals surface area contributed by atoms with Crippen molar-refractivity contribution in [1.29, 1.82) is 0 Å². The molecule has 1 aromatic rings. The van der Waals surface area contributed by atoms with Gasteiger partial charge in [0.05, 0.1) is 5.69 Å². The molecular weight excluding hydrogens is 218 g/mol. The minimum absolute atomic E-state index is 0.142. The molecule has 0 saturated carbocycles. The second-order valence-electron chi connectivity index (χ2n) is 5.11. The summed E-state index contributed by atoms with van der Waals surface area (Å²) < 4.78 is 4.96. The normalized spacial score (nSPS) is 31.5. The highest BCUT2D eigenvalue weighted by Crippen LogP contribution is 2.26. The summed E-state index contributed by atoms with van der Waals surface area (Å²) in [7, 11) is 0. The molecule has 0 aliphatic carbocycles. The molecule has 17 heavy (non-hydrogen) atoms. The molecule has 3 heterocycles. The fourth-order valence-electron chi connectivity index (χ4n) is 2.90. The second-order valence-corrected chi connectivity index (χ2v) is 5.11. The average Bonchev–Trinajstić information content (AvgIpc) is 2.85. The minimum atomic E-state index is -0.142. The molecule has 0 spiro atoms. The molecule has 3 rings (SSSR count). The Bertz CT molecular complexity index is 417. The number of rotatable bonds is 2. The molecule has 1 amide bonds. The molecule has 2 saturated heterocycles. The van der Waals surface area contributed by atoms with Crippen LogP contribution in [0, 0.1) is 6.92 Å². The van der Waals surface area contributed by atoms with Gasteiger partial charge in [0, 0.05) is 24.2 Å². The summed E-state index contributed by atoms with van der Waals surface area (Å²) in [4.78, 5) is 11.9. The number of aryl methyl sites for hydroxylation is 1. The highest BCUT2D eigenvalue weighted by atomic mass is 16.5. The Morgan fingerprint density at radius 3 is 2.76 bits per heavy atom. The summed E-state index contributed by atoms with van der Waals surface area (Å²) in [5, 5.41) is 10.3. The Labute approximate surface area is 99.9 Å². The van der Waals surface area contributed by atoms with Gasteiger partial charge in [0.2, 0.25) is 5.76 Å². The van der Waals surface area contributed by atoms with E-state index >= 15 is 0 Å². The lowest BCUT2D eigenvalue weighted by Crippen LogP contribution is -2.47. The molecule has 2 N–H and O–H groups in total. The van der Waals surface area contributed by atoms with Gasteiger partial charge in [0.25, 0.3) is 5.91 Å². The van der Waals surface area contributed by atoms with Crippen LogP contribution in [0.1, 0.15) is 41.9 Å². The van der Waals surface area contributed by atoms with E-state index in [1.807, 2.05) is 6.92 Å². The van der Waals surface area contributed by atoms with Gasteiger partial charge < -0.3 is 15.2 Å². The SMILES string of the molecule is Cc1cc(C(=O)NC2CC3CCC(C2)N3)on1. The number of hydrogen-bond donors (Lipinski definition) is 2. The summed E-state index contributed by atoms with van der Waals surface area (Å²) in [6.07, 6.45) is 4.52. The summed E-state index contributed by atoms with van der Waals surface area (Å²) in [5.74, 6) is 0.172. The Hall–Kier alpha value is -1.36. The van der Waals surface area contributed by atoms with Crippen LogP contribution in [0.3, 0.4) is 0 Å². The summed E-state index contributed by atoms with van der Waals surface area (Å²) in [6, 6.07) is 3.10. The van der Waals surface area contributed by atoms with E-state index in [9.17, 15) is 4.79 Å². The molecule has 2 aliphatic heterocycles. The number of fused-ring (bicyclic) bond motifs is 2. The smallest absolute Gasteiger partial charge is 0.290 e. The van der Waals surface area contributed by atoms with Crippen LogP contribution < -0.4 is 10.6 Å². The Morgan fingerprint density at radius 2 is 2.18 bits per heavy atom. The number of piperidine rings is 1. The molecule has 92 valence electrons. The zero-order valence-corrected chi connectivity index (χ0v) is 9.90. The monoisotopic (exact) mass is 235 g/mol. The van der Waals surface area contributed by atoms with Gasteiger partial charge in [0.15, 0.2) is 0 Å². The van der Waals surface area contributed by atoms with Crippen molar-refractivity contribution in [3.63, 3.8) is 0 Å². The molecule has 1 aromatic heterocycles. The molecule has 2 unspecified atom stereocenters. The van der Waals surface area contributed by atoms with Gasteiger partial charge in [-0.2, -0.15) is 0 Å². The van der Waals surface area contributed by atoms with Gasteiger partial charge in [-0.15, -0.1) is 0 Å². The number of hydrogen-bond acceptors (Lipinski definition) is 4. The number of aromatic nitrogens is 1. The highest BCUT2D eigenvalue weighted by molar-refractivity contribution is 5.91. The van der Waals surface area contributed by atoms with Gasteiger partial charge in [-0.3, -0.25) is 4.79 Å². The van der Waals surface area contributed by atoms with Crippen LogP contribution in [0.5, 0.6) is 0 Å². The van der Waals surface area contributed by atoms with E-state index in [-0.39, 0.29) is 11.9 Å². The fourth-order valence-corrected chi connectivity index (χ4v) is 2.90. The van der Waals surface area contributed by atoms with Crippen molar-refractivity contribution in [1.82, 2.24) is 15.8 Å². The fraction of sp³-hybridized carbons (Fsp3) is 0.667. The van der Waals surface area contributed by atoms with Crippen LogP contribution in [-0.2, 0) is 0 Å². The van der Waals surface area contributed by atoms with E-state index in [0.717, 1.165) is 18.5 Å². The molecule has 0 aromatic carbocycles. The molecule has 2 fully saturated rings. The Morgan fingerprint density at radius 1 is 1.47 bits per heavy atom. The quantitative estimate of drug-likeness (QED) is 0.802. The Balaban J connectivity index is 1.62. The predicted octanol–water partition coefficient (Wildman–Crippen LogP) is 0.996. The zero-order valence-electron chi connectivity index (χ0n) is 9.90. The maximum atomic E-state index is 11.9. The maximum absolute atomic E-state index is 11.9. The molecular formula is C12H17N3O2. The van der Waals surface area contributed by atoms with Crippen LogP contribution >= 0.6 is 0 Å². The van der Waals surface area contributed by atoms with Crippen molar-refractivity contribution in [2.45, 2.75) is 50.7 Å². The highest BCUT2D eigenvalue weighted by Gasteiger charge is 2.34. The summed E-state index contributed by atoms with van der Waals surface area (Å²) in [5.41, 5.74) is 0.737. The van der Waals surface area contributed by atoms with E-state index in [4.69, 9.17) is 4.52 Å². The van der Waals surface area contributed by atoms with Crippen LogP contribution in [0.4, 0.5) is 0 Å². The van der Waals surface area contributed by atoms with Crippen LogP contribution in [0.25, 0.3) is 0 Å². The topological polar surface area (TPSA) is 67.2 Å². The van der Waals surface area contributed by atoms with Gasteiger partial charge in [-0.1, -0.05) is 5.16 Å². The van der Waals surface area contributed by atoms with E-state index in [1.54, 1.807) is 6.07 Å². The standard InChI is InChI=1S/C12H17N3O2/c1-7-4-11(17-15-7)12(16)14-10-5-8-2-3-9(6-10)13-8/h4,8-10,13H,2-3,5-6H2,1H3,(H,14,16). The number of nitrogens with zero attached hydrogens (tertiary/aromatic N) is 1. The predicted molar refractivity (Wildman–Crippen MR) is 61.7 cm³/mol. The first-order valence-electron chi connectivity index (χ1n) is 6.21. The van der Waals surface area contributed by atoms with Crippen molar-refractivity contribution < 1.29 is 9.32 Å². The molecule has 5 heteroatoms. The van der Waals surface area contributed by atoms with Crippen LogP contribution in [0.15, 0.2) is 10.6 Å². The summed E-state index contributed by atoms with van der Waals surface area (Å²) in [6.45, 7) is 1.81. The lowest BCUT2D eigenvalue weighted by Gasteiger charge is -2.29. The van der Waals surface area contributed by atoms with Crippen molar-refractivity contribution in [2.75, 3.05) is 0 Å². The van der Waals surface area contributed by atoms with Crippen molar-refractivity contribution in [3.05, 3.63) is 17.5 Å². The van der Waals surface area contributed by atoms with E-state index in [2.05, 4.69) is 15.8 Å². The molecule has 2 atom stereocenters. The van der Waals surface area contributed by atoms with Gasteiger partial charge in [0.1, 0.15) is 0 Å². The van der Waals surface area contributed by atoms with Crippen molar-refractivity contribution in [2.24, 2.45) is 0 Å². The largest absolute Gasteiger partial charge is 0.351 e. The third-order valence-corrected chi connectivity index (χ3v) is 3.66. The van der Waals surface area contributed by atoms with E-state index in [1.165, 1.54) is 12.8 Å². The third-order valence-electron chi connectivity index (χ3n) is 3.66. The Kier molecular flexibility index (Phi) is 2.63. The number of amides is 1. The van der Waals surface area contributed by atoms with Gasteiger partial charge in [-0.05, 0) is 32.6 Å². The second kappa shape index (κ2) is 4.14.